The summed E-state index contributed by atoms with van der Waals surface area (Å²) in [5.74, 6) is 0. The predicted octanol–water partition coefficient (Wildman–Crippen LogP) is 5.12. The van der Waals surface area contributed by atoms with Gasteiger partial charge in [-0.15, -0.1) is 0 Å². The van der Waals surface area contributed by atoms with E-state index in [1.54, 1.807) is 12.1 Å². The molecule has 1 aliphatic rings. The standard InChI is InChI=1S/C13H16Cl2N2/c14-12-8-7-11(9-13(12)15)17-16-10-5-3-1-2-4-6-10/h7-9,17H,1-6H2. The maximum atomic E-state index is 5.94. The van der Waals surface area contributed by atoms with Crippen molar-refractivity contribution in [2.75, 3.05) is 5.43 Å². The third kappa shape index (κ3) is 3.90. The Morgan fingerprint density at radius 2 is 1.65 bits per heavy atom. The third-order valence-corrected chi connectivity index (χ3v) is 3.68. The Hall–Kier alpha value is -0.730. The van der Waals surface area contributed by atoms with E-state index in [0.717, 1.165) is 18.5 Å². The van der Waals surface area contributed by atoms with E-state index in [1.165, 1.54) is 31.4 Å². The summed E-state index contributed by atoms with van der Waals surface area (Å²) in [6.45, 7) is 0. The summed E-state index contributed by atoms with van der Waals surface area (Å²) >= 11 is 11.8. The monoisotopic (exact) mass is 270 g/mol. The quantitative estimate of drug-likeness (QED) is 0.586. The normalized spacial score (nSPS) is 16.5. The fraction of sp³-hybridized carbons (Fsp3) is 0.462. The summed E-state index contributed by atoms with van der Waals surface area (Å²) in [5.41, 5.74) is 5.20. The van der Waals surface area contributed by atoms with Crippen LogP contribution in [0.2, 0.25) is 10.0 Å². The molecule has 0 atom stereocenters. The van der Waals surface area contributed by atoms with Crippen molar-refractivity contribution < 1.29 is 0 Å². The van der Waals surface area contributed by atoms with Gasteiger partial charge in [0, 0.05) is 5.71 Å². The second-order valence-corrected chi connectivity index (χ2v) is 5.15. The predicted molar refractivity (Wildman–Crippen MR) is 75.2 cm³/mol. The maximum absolute atomic E-state index is 5.94. The average Bonchev–Trinajstić information content (AvgIpc) is 2.59. The fourth-order valence-corrected chi connectivity index (χ4v) is 2.26. The van der Waals surface area contributed by atoms with Crippen LogP contribution in [0.25, 0.3) is 0 Å². The molecule has 1 fully saturated rings. The zero-order valence-corrected chi connectivity index (χ0v) is 11.2. The molecule has 0 bridgehead atoms. The van der Waals surface area contributed by atoms with Gasteiger partial charge in [0.15, 0.2) is 0 Å². The Bertz CT molecular complexity index is 406. The number of hydrogen-bond donors (Lipinski definition) is 1. The number of benzene rings is 1. The largest absolute Gasteiger partial charge is 0.279 e. The van der Waals surface area contributed by atoms with Crippen molar-refractivity contribution >= 4 is 34.6 Å². The Morgan fingerprint density at radius 1 is 0.941 bits per heavy atom. The lowest BCUT2D eigenvalue weighted by Crippen LogP contribution is -2.00. The van der Waals surface area contributed by atoms with Crippen LogP contribution in [0.4, 0.5) is 5.69 Å². The summed E-state index contributed by atoms with van der Waals surface area (Å²) < 4.78 is 0. The van der Waals surface area contributed by atoms with Crippen LogP contribution in [0, 0.1) is 0 Å². The lowest BCUT2D eigenvalue weighted by Gasteiger charge is -2.05. The van der Waals surface area contributed by atoms with Crippen molar-refractivity contribution in [2.45, 2.75) is 38.5 Å². The van der Waals surface area contributed by atoms with E-state index in [2.05, 4.69) is 10.5 Å². The highest BCUT2D eigenvalue weighted by Gasteiger charge is 2.05. The second kappa shape index (κ2) is 6.27. The summed E-state index contributed by atoms with van der Waals surface area (Å²) in [6.07, 6.45) is 7.37. The lowest BCUT2D eigenvalue weighted by molar-refractivity contribution is 0.702. The molecule has 92 valence electrons. The van der Waals surface area contributed by atoms with E-state index < -0.39 is 0 Å². The van der Waals surface area contributed by atoms with Gasteiger partial charge >= 0.3 is 0 Å². The van der Waals surface area contributed by atoms with E-state index in [-0.39, 0.29) is 0 Å². The molecule has 1 aliphatic carbocycles. The molecule has 0 aromatic heterocycles. The Morgan fingerprint density at radius 3 is 2.29 bits per heavy atom. The van der Waals surface area contributed by atoms with Gasteiger partial charge in [-0.1, -0.05) is 36.0 Å². The first-order chi connectivity index (χ1) is 8.25. The van der Waals surface area contributed by atoms with Crippen LogP contribution >= 0.6 is 23.2 Å². The molecular weight excluding hydrogens is 255 g/mol. The van der Waals surface area contributed by atoms with E-state index in [4.69, 9.17) is 23.2 Å². The van der Waals surface area contributed by atoms with Crippen LogP contribution in [0.3, 0.4) is 0 Å². The Balaban J connectivity index is 2.00. The third-order valence-electron chi connectivity index (χ3n) is 2.94. The van der Waals surface area contributed by atoms with Crippen LogP contribution in [-0.2, 0) is 0 Å². The SMILES string of the molecule is Clc1ccc(NN=C2CCCCCC2)cc1Cl. The molecular formula is C13H16Cl2N2. The van der Waals surface area contributed by atoms with Crippen molar-refractivity contribution in [3.63, 3.8) is 0 Å². The molecule has 1 aromatic carbocycles. The molecule has 2 nitrogen and oxygen atoms in total. The number of nitrogens with one attached hydrogen (secondary N) is 1. The molecule has 1 aromatic rings. The number of rotatable bonds is 2. The van der Waals surface area contributed by atoms with Gasteiger partial charge < -0.3 is 0 Å². The molecule has 4 heteroatoms. The van der Waals surface area contributed by atoms with Crippen LogP contribution in [0.15, 0.2) is 23.3 Å². The highest BCUT2D eigenvalue weighted by atomic mass is 35.5. The van der Waals surface area contributed by atoms with Gasteiger partial charge in [-0.3, -0.25) is 5.43 Å². The topological polar surface area (TPSA) is 24.4 Å². The van der Waals surface area contributed by atoms with Crippen molar-refractivity contribution in [3.8, 4) is 0 Å². The molecule has 0 spiro atoms. The van der Waals surface area contributed by atoms with E-state index in [1.807, 2.05) is 6.07 Å². The summed E-state index contributed by atoms with van der Waals surface area (Å²) in [7, 11) is 0. The minimum absolute atomic E-state index is 0.553. The Kier molecular flexibility index (Phi) is 4.69. The number of halogens is 2. The highest BCUT2D eigenvalue weighted by molar-refractivity contribution is 6.42. The average molecular weight is 271 g/mol. The van der Waals surface area contributed by atoms with Crippen LogP contribution < -0.4 is 5.43 Å². The molecule has 0 heterocycles. The summed E-state index contributed by atoms with van der Waals surface area (Å²) in [6, 6.07) is 5.46. The van der Waals surface area contributed by atoms with Crippen molar-refractivity contribution in [3.05, 3.63) is 28.2 Å². The second-order valence-electron chi connectivity index (χ2n) is 4.33. The van der Waals surface area contributed by atoms with E-state index in [0.29, 0.717) is 10.0 Å². The van der Waals surface area contributed by atoms with Crippen LogP contribution in [0.5, 0.6) is 0 Å². The molecule has 0 unspecified atom stereocenters. The van der Waals surface area contributed by atoms with E-state index >= 15 is 0 Å². The number of hydrogen-bond acceptors (Lipinski definition) is 2. The molecule has 2 rings (SSSR count). The molecule has 0 amide bonds. The van der Waals surface area contributed by atoms with Gasteiger partial charge in [-0.05, 0) is 43.9 Å². The molecule has 0 aliphatic heterocycles. The first-order valence-electron chi connectivity index (χ1n) is 6.02. The van der Waals surface area contributed by atoms with Crippen molar-refractivity contribution in [2.24, 2.45) is 5.10 Å². The Labute approximate surface area is 112 Å². The van der Waals surface area contributed by atoms with Gasteiger partial charge in [0.25, 0.3) is 0 Å². The highest BCUT2D eigenvalue weighted by Crippen LogP contribution is 2.25. The minimum atomic E-state index is 0.553. The lowest BCUT2D eigenvalue weighted by atomic mass is 10.2. The smallest absolute Gasteiger partial charge is 0.0613 e. The zero-order valence-electron chi connectivity index (χ0n) is 9.68. The molecule has 0 saturated heterocycles. The van der Waals surface area contributed by atoms with Gasteiger partial charge in [0.05, 0.1) is 15.7 Å². The molecule has 1 N–H and O–H groups in total. The fourth-order valence-electron chi connectivity index (χ4n) is 1.96. The van der Waals surface area contributed by atoms with Crippen molar-refractivity contribution in [1.82, 2.24) is 0 Å². The maximum Gasteiger partial charge on any atom is 0.0613 e. The molecule has 0 radical (unpaired) electrons. The van der Waals surface area contributed by atoms with Gasteiger partial charge in [-0.25, -0.2) is 0 Å². The van der Waals surface area contributed by atoms with Gasteiger partial charge in [0.2, 0.25) is 0 Å². The van der Waals surface area contributed by atoms with Crippen molar-refractivity contribution in [1.29, 1.82) is 0 Å². The van der Waals surface area contributed by atoms with Crippen LogP contribution in [-0.4, -0.2) is 5.71 Å². The first-order valence-corrected chi connectivity index (χ1v) is 6.78. The number of nitrogens with zero attached hydrogens (tertiary/aromatic N) is 1. The number of hydrazone groups is 1. The number of anilines is 1. The molecule has 17 heavy (non-hydrogen) atoms. The van der Waals surface area contributed by atoms with E-state index in [9.17, 15) is 0 Å². The minimum Gasteiger partial charge on any atom is -0.279 e. The zero-order chi connectivity index (χ0) is 12.1. The van der Waals surface area contributed by atoms with Crippen LogP contribution in [0.1, 0.15) is 38.5 Å². The molecule has 1 saturated carbocycles. The van der Waals surface area contributed by atoms with Gasteiger partial charge in [-0.2, -0.15) is 5.10 Å². The first kappa shape index (κ1) is 12.7. The summed E-state index contributed by atoms with van der Waals surface area (Å²) in [4.78, 5) is 0. The van der Waals surface area contributed by atoms with Gasteiger partial charge in [0.1, 0.15) is 0 Å². The summed E-state index contributed by atoms with van der Waals surface area (Å²) in [5, 5.41) is 5.57.